The lowest BCUT2D eigenvalue weighted by Crippen LogP contribution is -2.52. The molecule has 1 fully saturated rings. The number of hydrogen-bond acceptors (Lipinski definition) is 5. The van der Waals surface area contributed by atoms with Crippen LogP contribution in [0.1, 0.15) is 34.6 Å². The molecule has 0 aromatic heterocycles. The van der Waals surface area contributed by atoms with Crippen LogP contribution in [-0.4, -0.2) is 54.5 Å². The average Bonchev–Trinajstić information content (AvgIpc) is 2.72. The van der Waals surface area contributed by atoms with Gasteiger partial charge >= 0.3 is 13.8 Å². The minimum atomic E-state index is -4.82. The molecule has 0 saturated carbocycles. The van der Waals surface area contributed by atoms with Gasteiger partial charge in [-0.05, 0) is 18.1 Å². The lowest BCUT2D eigenvalue weighted by Gasteiger charge is -2.42. The van der Waals surface area contributed by atoms with Crippen LogP contribution < -0.4 is 0 Å². The molecule has 7 nitrogen and oxygen atoms in total. The third-order valence-corrected chi connectivity index (χ3v) is 10.2. The summed E-state index contributed by atoms with van der Waals surface area (Å²) in [6, 6.07) is 0. The second kappa shape index (κ2) is 6.99. The predicted octanol–water partition coefficient (Wildman–Crippen LogP) is 3.88. The Bertz CT molecular complexity index is 693. The van der Waals surface area contributed by atoms with Gasteiger partial charge in [-0.1, -0.05) is 20.8 Å². The van der Waals surface area contributed by atoms with E-state index < -0.39 is 52.4 Å². The third kappa shape index (κ3) is 5.12. The van der Waals surface area contributed by atoms with Gasteiger partial charge in [0, 0.05) is 13.8 Å². The van der Waals surface area contributed by atoms with Gasteiger partial charge in [0.05, 0.1) is 6.16 Å². The molecule has 2 aliphatic rings. The first kappa shape index (κ1) is 23.7. The minimum Gasteiger partial charge on any atom is -0.542 e. The van der Waals surface area contributed by atoms with Gasteiger partial charge in [0.2, 0.25) is 14.1 Å². The van der Waals surface area contributed by atoms with E-state index in [0.29, 0.717) is 0 Å². The first-order valence-electron chi connectivity index (χ1n) is 8.80. The van der Waals surface area contributed by atoms with Gasteiger partial charge in [0.15, 0.2) is 23.7 Å². The van der Waals surface area contributed by atoms with E-state index in [1.54, 1.807) is 0 Å². The van der Waals surface area contributed by atoms with Gasteiger partial charge in [0.1, 0.15) is 6.10 Å². The number of rotatable bonds is 4. The molecule has 2 N–H and O–H groups in total. The molecule has 0 spiro atoms. The maximum absolute atomic E-state index is 13.6. The smallest absolute Gasteiger partial charge is 0.417 e. The molecular weight excluding hydrogens is 420 g/mol. The van der Waals surface area contributed by atoms with E-state index in [0.717, 1.165) is 0 Å². The quantitative estimate of drug-likeness (QED) is 0.498. The molecule has 1 saturated heterocycles. The van der Waals surface area contributed by atoms with Crippen LogP contribution in [0.25, 0.3) is 0 Å². The zero-order chi connectivity index (χ0) is 21.9. The SMILES string of the molecule is CC1(C)OC2=C(O[Si](C)(C)C(C)(C)C)[C@H](CP(=O)(O)O)O[C@@H](C(F)(F)F)[C@@H]2O1. The molecule has 12 heteroatoms. The van der Waals surface area contributed by atoms with E-state index in [-0.39, 0.29) is 16.6 Å². The van der Waals surface area contributed by atoms with E-state index in [1.807, 2.05) is 33.9 Å². The number of halogens is 3. The lowest BCUT2D eigenvalue weighted by atomic mass is 10.1. The van der Waals surface area contributed by atoms with Crippen molar-refractivity contribution in [1.29, 1.82) is 0 Å². The summed E-state index contributed by atoms with van der Waals surface area (Å²) in [5.74, 6) is -1.70. The number of ether oxygens (including phenoxy) is 3. The molecule has 0 radical (unpaired) electrons. The van der Waals surface area contributed by atoms with Gasteiger partial charge in [-0.2, -0.15) is 13.2 Å². The van der Waals surface area contributed by atoms with Crippen molar-refractivity contribution in [2.75, 3.05) is 6.16 Å². The molecule has 0 amide bonds. The molecule has 0 aromatic carbocycles. The zero-order valence-corrected chi connectivity index (χ0v) is 18.9. The van der Waals surface area contributed by atoms with Crippen molar-refractivity contribution in [3.05, 3.63) is 11.5 Å². The first-order valence-corrected chi connectivity index (χ1v) is 13.5. The predicted molar refractivity (Wildman–Crippen MR) is 97.0 cm³/mol. The van der Waals surface area contributed by atoms with E-state index in [4.69, 9.17) is 18.6 Å². The molecule has 2 heterocycles. The summed E-state index contributed by atoms with van der Waals surface area (Å²) in [6.45, 7) is 12.4. The van der Waals surface area contributed by atoms with Gasteiger partial charge in [-0.25, -0.2) is 0 Å². The monoisotopic (exact) mass is 448 g/mol. The zero-order valence-electron chi connectivity index (χ0n) is 17.0. The molecule has 0 bridgehead atoms. The fraction of sp³-hybridized carbons (Fsp3) is 0.875. The first-order chi connectivity index (χ1) is 12.2. The summed E-state index contributed by atoms with van der Waals surface area (Å²) in [4.78, 5) is 18.8. The highest BCUT2D eigenvalue weighted by Crippen LogP contribution is 2.50. The maximum Gasteiger partial charge on any atom is 0.417 e. The van der Waals surface area contributed by atoms with Crippen molar-refractivity contribution >= 4 is 15.9 Å². The molecule has 0 aliphatic carbocycles. The fourth-order valence-electron chi connectivity index (χ4n) is 2.70. The number of alkyl halides is 3. The molecule has 164 valence electrons. The van der Waals surface area contributed by atoms with Crippen LogP contribution in [0.4, 0.5) is 13.2 Å². The highest BCUT2D eigenvalue weighted by Gasteiger charge is 2.60. The highest BCUT2D eigenvalue weighted by molar-refractivity contribution is 7.51. The summed E-state index contributed by atoms with van der Waals surface area (Å²) in [5, 5.41) is -0.321. The van der Waals surface area contributed by atoms with E-state index >= 15 is 0 Å². The Morgan fingerprint density at radius 2 is 1.75 bits per heavy atom. The average molecular weight is 448 g/mol. The van der Waals surface area contributed by atoms with Gasteiger partial charge in [-0.15, -0.1) is 0 Å². The van der Waals surface area contributed by atoms with Crippen LogP contribution in [-0.2, 0) is 23.2 Å². The van der Waals surface area contributed by atoms with Crippen molar-refractivity contribution in [2.24, 2.45) is 0 Å². The summed E-state index contributed by atoms with van der Waals surface area (Å²) in [5.41, 5.74) is 0. The third-order valence-electron chi connectivity index (χ3n) is 5.04. The van der Waals surface area contributed by atoms with E-state index in [1.165, 1.54) is 13.8 Å². The Morgan fingerprint density at radius 1 is 1.21 bits per heavy atom. The Hall–Kier alpha value is -0.583. The Morgan fingerprint density at radius 3 is 2.18 bits per heavy atom. The van der Waals surface area contributed by atoms with Gasteiger partial charge in [-0.3, -0.25) is 4.57 Å². The number of hydrogen-bond donors (Lipinski definition) is 2. The van der Waals surface area contributed by atoms with Crippen molar-refractivity contribution < 1.29 is 46.2 Å². The van der Waals surface area contributed by atoms with Crippen molar-refractivity contribution in [2.45, 2.75) is 83.0 Å². The molecule has 2 aliphatic heterocycles. The standard InChI is InChI=1S/C16H28F3O7PSi/c1-14(2,3)28(6,7)26-10-9(8-27(20,21)22)23-13(16(17,18)19)12-11(10)24-15(4,5)25-12/h9,12-13H,8H2,1-7H3,(H2,20,21,22)/t9-,12+,13+/m0/s1. The van der Waals surface area contributed by atoms with Crippen LogP contribution in [0.3, 0.4) is 0 Å². The van der Waals surface area contributed by atoms with Gasteiger partial charge in [0.25, 0.3) is 0 Å². The van der Waals surface area contributed by atoms with Crippen LogP contribution in [0.15, 0.2) is 11.5 Å². The van der Waals surface area contributed by atoms with E-state index in [9.17, 15) is 27.5 Å². The molecule has 28 heavy (non-hydrogen) atoms. The Kier molecular flexibility index (Phi) is 5.91. The number of fused-ring (bicyclic) bond motifs is 1. The van der Waals surface area contributed by atoms with Crippen LogP contribution >= 0.6 is 7.60 Å². The second-order valence-corrected chi connectivity index (χ2v) is 15.5. The fourth-order valence-corrected chi connectivity index (χ4v) is 4.47. The highest BCUT2D eigenvalue weighted by atomic mass is 31.2. The summed E-state index contributed by atoms with van der Waals surface area (Å²) >= 11 is 0. The summed E-state index contributed by atoms with van der Waals surface area (Å²) in [6.07, 6.45) is -11.4. The molecule has 0 aromatic rings. The van der Waals surface area contributed by atoms with Crippen LogP contribution in [0.2, 0.25) is 18.1 Å². The minimum absolute atomic E-state index is 0.119. The molecule has 2 rings (SSSR count). The lowest BCUT2D eigenvalue weighted by molar-refractivity contribution is -0.266. The van der Waals surface area contributed by atoms with Crippen molar-refractivity contribution in [3.8, 4) is 0 Å². The molecule has 3 atom stereocenters. The molecule has 0 unspecified atom stereocenters. The molecular formula is C16H28F3O7PSi. The van der Waals surface area contributed by atoms with Crippen LogP contribution in [0, 0.1) is 0 Å². The Labute approximate surface area is 163 Å². The largest absolute Gasteiger partial charge is 0.542 e. The normalized spacial score (nSPS) is 28.8. The topological polar surface area (TPSA) is 94.5 Å². The Balaban J connectivity index is 2.60. The second-order valence-electron chi connectivity index (χ2n) is 9.07. The van der Waals surface area contributed by atoms with Crippen molar-refractivity contribution in [1.82, 2.24) is 0 Å². The van der Waals surface area contributed by atoms with Gasteiger partial charge < -0.3 is 28.4 Å². The van der Waals surface area contributed by atoms with E-state index in [2.05, 4.69) is 0 Å². The van der Waals surface area contributed by atoms with Crippen molar-refractivity contribution in [3.63, 3.8) is 0 Å². The summed E-state index contributed by atoms with van der Waals surface area (Å²) in [7, 11) is -7.30. The summed E-state index contributed by atoms with van der Waals surface area (Å²) < 4.78 is 74.6. The van der Waals surface area contributed by atoms with Crippen LogP contribution in [0.5, 0.6) is 0 Å². The maximum atomic E-state index is 13.6.